The van der Waals surface area contributed by atoms with Gasteiger partial charge in [0.25, 0.3) is 0 Å². The van der Waals surface area contributed by atoms with Crippen molar-refractivity contribution in [1.82, 2.24) is 0 Å². The molecule has 2 aromatic carbocycles. The smallest absolute Gasteiger partial charge is 0.347 e. The van der Waals surface area contributed by atoms with Crippen LogP contribution in [0.15, 0.2) is 48.5 Å². The number of para-hydroxylation sites is 1. The summed E-state index contributed by atoms with van der Waals surface area (Å²) in [5.41, 5.74) is 0.927. The van der Waals surface area contributed by atoms with Crippen LogP contribution in [0.3, 0.4) is 0 Å². The van der Waals surface area contributed by atoms with Gasteiger partial charge in [0.15, 0.2) is 5.78 Å². The van der Waals surface area contributed by atoms with Gasteiger partial charge >= 0.3 is 5.97 Å². The predicted molar refractivity (Wildman–Crippen MR) is 92.3 cm³/mol. The monoisotopic (exact) mass is 340 g/mol. The molecule has 1 fully saturated rings. The topological polar surface area (TPSA) is 61.8 Å². The highest BCUT2D eigenvalue weighted by Gasteiger charge is 2.19. The Balaban J connectivity index is 1.67. The van der Waals surface area contributed by atoms with E-state index in [9.17, 15) is 9.59 Å². The molecule has 130 valence electrons. The molecular formula is C20H20O5. The van der Waals surface area contributed by atoms with Crippen LogP contribution in [0.2, 0.25) is 0 Å². The van der Waals surface area contributed by atoms with Gasteiger partial charge in [0.1, 0.15) is 23.7 Å². The van der Waals surface area contributed by atoms with Gasteiger partial charge in [0.05, 0.1) is 6.10 Å². The highest BCUT2D eigenvalue weighted by Crippen LogP contribution is 2.22. The lowest BCUT2D eigenvalue weighted by atomic mass is 10.1. The van der Waals surface area contributed by atoms with Crippen LogP contribution in [0.5, 0.6) is 11.5 Å². The third-order valence-electron chi connectivity index (χ3n) is 4.03. The van der Waals surface area contributed by atoms with Gasteiger partial charge in [-0.3, -0.25) is 4.79 Å². The summed E-state index contributed by atoms with van der Waals surface area (Å²) in [6.07, 6.45) is 2.08. The van der Waals surface area contributed by atoms with E-state index >= 15 is 0 Å². The first-order chi connectivity index (χ1) is 12.1. The summed E-state index contributed by atoms with van der Waals surface area (Å²) in [5.74, 6) is 0.316. The van der Waals surface area contributed by atoms with Gasteiger partial charge in [-0.25, -0.2) is 4.79 Å². The van der Waals surface area contributed by atoms with Gasteiger partial charge in [-0.1, -0.05) is 12.1 Å². The van der Waals surface area contributed by atoms with Crippen molar-refractivity contribution in [2.24, 2.45) is 0 Å². The molecule has 1 aliphatic rings. The van der Waals surface area contributed by atoms with E-state index in [0.29, 0.717) is 29.2 Å². The van der Waals surface area contributed by atoms with Crippen LogP contribution >= 0.6 is 0 Å². The summed E-state index contributed by atoms with van der Waals surface area (Å²) < 4.78 is 16.7. The zero-order chi connectivity index (χ0) is 17.6. The van der Waals surface area contributed by atoms with Crippen molar-refractivity contribution in [3.05, 3.63) is 59.7 Å². The molecule has 0 amide bonds. The minimum Gasteiger partial charge on any atom is -0.490 e. The number of benzene rings is 2. The van der Waals surface area contributed by atoms with E-state index in [1.54, 1.807) is 42.5 Å². The summed E-state index contributed by atoms with van der Waals surface area (Å²) in [6, 6.07) is 13.4. The summed E-state index contributed by atoms with van der Waals surface area (Å²) in [7, 11) is 0. The molecule has 1 aliphatic heterocycles. The molecule has 0 saturated carbocycles. The molecule has 0 spiro atoms. The zero-order valence-electron chi connectivity index (χ0n) is 14.1. The number of carbonyl (C=O) groups excluding carboxylic acids is 2. The average Bonchev–Trinajstić information content (AvgIpc) is 3.14. The summed E-state index contributed by atoms with van der Waals surface area (Å²) >= 11 is 0. The third-order valence-corrected chi connectivity index (χ3v) is 4.03. The molecule has 1 atom stereocenters. The first-order valence-electron chi connectivity index (χ1n) is 8.30. The largest absolute Gasteiger partial charge is 0.490 e. The van der Waals surface area contributed by atoms with Gasteiger partial charge < -0.3 is 14.2 Å². The Morgan fingerprint density at radius 1 is 1.12 bits per heavy atom. The lowest BCUT2D eigenvalue weighted by molar-refractivity contribution is 0.0644. The average molecular weight is 340 g/mol. The maximum Gasteiger partial charge on any atom is 0.347 e. The molecule has 0 bridgehead atoms. The number of Topliss-reactive ketones (excluding diaryl/α,β-unsaturated/α-hetero) is 1. The van der Waals surface area contributed by atoms with Gasteiger partial charge in [0, 0.05) is 12.2 Å². The molecule has 0 aromatic heterocycles. The number of hydrogen-bond acceptors (Lipinski definition) is 5. The molecule has 3 rings (SSSR count). The number of ether oxygens (including phenoxy) is 3. The number of hydrogen-bond donors (Lipinski definition) is 0. The summed E-state index contributed by atoms with van der Waals surface area (Å²) in [5, 5.41) is 0. The first kappa shape index (κ1) is 17.2. The minimum absolute atomic E-state index is 0.0363. The normalized spacial score (nSPS) is 16.4. The highest BCUT2D eigenvalue weighted by atomic mass is 16.5. The molecule has 0 N–H and O–H groups in total. The molecule has 0 aliphatic carbocycles. The SMILES string of the molecule is CC(=O)c1ccc(OC(=O)c2ccccc2OCC2CCCO2)cc1. The number of rotatable bonds is 6. The van der Waals surface area contributed by atoms with E-state index in [1.807, 2.05) is 6.07 Å². The quantitative estimate of drug-likeness (QED) is 0.456. The van der Waals surface area contributed by atoms with Gasteiger partial charge in [-0.05, 0) is 56.2 Å². The van der Waals surface area contributed by atoms with E-state index < -0.39 is 5.97 Å². The maximum atomic E-state index is 12.4. The van der Waals surface area contributed by atoms with Crippen LogP contribution in [0.25, 0.3) is 0 Å². The van der Waals surface area contributed by atoms with E-state index in [2.05, 4.69) is 0 Å². The molecule has 5 heteroatoms. The second-order valence-electron chi connectivity index (χ2n) is 5.91. The fourth-order valence-electron chi connectivity index (χ4n) is 2.64. The molecular weight excluding hydrogens is 320 g/mol. The van der Waals surface area contributed by atoms with Crippen molar-refractivity contribution >= 4 is 11.8 Å². The van der Waals surface area contributed by atoms with Crippen LogP contribution in [-0.2, 0) is 4.74 Å². The van der Waals surface area contributed by atoms with Crippen molar-refractivity contribution < 1.29 is 23.8 Å². The van der Waals surface area contributed by atoms with Crippen LogP contribution in [0, 0.1) is 0 Å². The molecule has 2 aromatic rings. The second kappa shape index (κ2) is 7.94. The van der Waals surface area contributed by atoms with E-state index in [0.717, 1.165) is 19.4 Å². The lowest BCUT2D eigenvalue weighted by Crippen LogP contribution is -2.18. The minimum atomic E-state index is -0.501. The van der Waals surface area contributed by atoms with E-state index in [1.165, 1.54) is 6.92 Å². The van der Waals surface area contributed by atoms with Crippen LogP contribution < -0.4 is 9.47 Å². The third kappa shape index (κ3) is 4.45. The van der Waals surface area contributed by atoms with Crippen molar-refractivity contribution in [2.75, 3.05) is 13.2 Å². The molecule has 25 heavy (non-hydrogen) atoms. The van der Waals surface area contributed by atoms with Crippen molar-refractivity contribution in [2.45, 2.75) is 25.9 Å². The fourth-order valence-corrected chi connectivity index (χ4v) is 2.64. The Kier molecular flexibility index (Phi) is 5.46. The Hall–Kier alpha value is -2.66. The van der Waals surface area contributed by atoms with Gasteiger partial charge in [0.2, 0.25) is 0 Å². The molecule has 5 nitrogen and oxygen atoms in total. The Bertz CT molecular complexity index is 745. The molecule has 1 unspecified atom stereocenters. The van der Waals surface area contributed by atoms with Crippen molar-refractivity contribution in [3.63, 3.8) is 0 Å². The van der Waals surface area contributed by atoms with Crippen molar-refractivity contribution in [3.8, 4) is 11.5 Å². The van der Waals surface area contributed by atoms with Crippen LogP contribution in [0.4, 0.5) is 0 Å². The second-order valence-corrected chi connectivity index (χ2v) is 5.91. The Morgan fingerprint density at radius 2 is 1.88 bits per heavy atom. The highest BCUT2D eigenvalue weighted by molar-refractivity contribution is 5.95. The fraction of sp³-hybridized carbons (Fsp3) is 0.300. The van der Waals surface area contributed by atoms with Gasteiger partial charge in [-0.15, -0.1) is 0 Å². The number of esters is 1. The first-order valence-corrected chi connectivity index (χ1v) is 8.30. The van der Waals surface area contributed by atoms with Gasteiger partial charge in [-0.2, -0.15) is 0 Å². The summed E-state index contributed by atoms with van der Waals surface area (Å²) in [6.45, 7) is 2.66. The van der Waals surface area contributed by atoms with E-state index in [-0.39, 0.29) is 11.9 Å². The molecule has 0 radical (unpaired) electrons. The molecule has 1 saturated heterocycles. The molecule has 1 heterocycles. The van der Waals surface area contributed by atoms with Crippen LogP contribution in [0.1, 0.15) is 40.5 Å². The zero-order valence-corrected chi connectivity index (χ0v) is 14.1. The number of ketones is 1. The Morgan fingerprint density at radius 3 is 2.56 bits per heavy atom. The van der Waals surface area contributed by atoms with E-state index in [4.69, 9.17) is 14.2 Å². The van der Waals surface area contributed by atoms with Crippen molar-refractivity contribution in [1.29, 1.82) is 0 Å². The summed E-state index contributed by atoms with van der Waals surface area (Å²) in [4.78, 5) is 23.7. The lowest BCUT2D eigenvalue weighted by Gasteiger charge is -2.14. The Labute approximate surface area is 146 Å². The number of carbonyl (C=O) groups is 2. The standard InChI is InChI=1S/C20H20O5/c1-14(21)15-8-10-16(11-9-15)25-20(22)18-6-2-3-7-19(18)24-13-17-5-4-12-23-17/h2-3,6-11,17H,4-5,12-13H2,1H3. The maximum absolute atomic E-state index is 12.4. The predicted octanol–water partition coefficient (Wildman–Crippen LogP) is 3.67. The van der Waals surface area contributed by atoms with Crippen LogP contribution in [-0.4, -0.2) is 31.1 Å².